The second kappa shape index (κ2) is 6.10. The minimum atomic E-state index is -0.173. The van der Waals surface area contributed by atoms with Crippen molar-refractivity contribution in [3.63, 3.8) is 0 Å². The van der Waals surface area contributed by atoms with Crippen LogP contribution in [0, 0.1) is 6.92 Å². The molecular formula is C16H17NO3. The minimum absolute atomic E-state index is 0.173. The summed E-state index contributed by atoms with van der Waals surface area (Å²) >= 11 is 0. The Morgan fingerprint density at radius 1 is 1.00 bits per heavy atom. The maximum Gasteiger partial charge on any atom is 0.255 e. The van der Waals surface area contributed by atoms with Gasteiger partial charge >= 0.3 is 0 Å². The van der Waals surface area contributed by atoms with Gasteiger partial charge in [0.25, 0.3) is 5.91 Å². The van der Waals surface area contributed by atoms with Crippen molar-refractivity contribution in [1.29, 1.82) is 0 Å². The summed E-state index contributed by atoms with van der Waals surface area (Å²) in [6.07, 6.45) is 0. The van der Waals surface area contributed by atoms with Crippen LogP contribution >= 0.6 is 0 Å². The maximum atomic E-state index is 12.2. The normalized spacial score (nSPS) is 9.95. The van der Waals surface area contributed by atoms with E-state index in [0.717, 1.165) is 11.3 Å². The number of benzene rings is 2. The molecular weight excluding hydrogens is 254 g/mol. The molecule has 0 aliphatic carbocycles. The summed E-state index contributed by atoms with van der Waals surface area (Å²) in [5, 5.41) is 2.85. The van der Waals surface area contributed by atoms with Crippen LogP contribution in [0.15, 0.2) is 42.5 Å². The van der Waals surface area contributed by atoms with E-state index in [1.807, 2.05) is 25.1 Å². The van der Waals surface area contributed by atoms with E-state index in [1.54, 1.807) is 38.5 Å². The second-order valence-corrected chi connectivity index (χ2v) is 4.29. The fraction of sp³-hybridized carbons (Fsp3) is 0.188. The summed E-state index contributed by atoms with van der Waals surface area (Å²) < 4.78 is 10.6. The molecule has 2 aromatic rings. The van der Waals surface area contributed by atoms with Crippen LogP contribution in [-0.4, -0.2) is 20.1 Å². The van der Waals surface area contributed by atoms with Crippen LogP contribution in [0.4, 0.5) is 5.69 Å². The van der Waals surface area contributed by atoms with Crippen LogP contribution < -0.4 is 14.8 Å². The van der Waals surface area contributed by atoms with Gasteiger partial charge in [-0.3, -0.25) is 4.79 Å². The summed E-state index contributed by atoms with van der Waals surface area (Å²) in [5.74, 6) is 1.15. The first-order valence-electron chi connectivity index (χ1n) is 6.25. The molecule has 0 unspecified atom stereocenters. The van der Waals surface area contributed by atoms with Crippen LogP contribution in [0.2, 0.25) is 0 Å². The third kappa shape index (κ3) is 2.74. The van der Waals surface area contributed by atoms with E-state index in [2.05, 4.69) is 5.32 Å². The first-order chi connectivity index (χ1) is 9.67. The highest BCUT2D eigenvalue weighted by molar-refractivity contribution is 6.05. The molecule has 0 aromatic heterocycles. The average Bonchev–Trinajstić information content (AvgIpc) is 2.48. The van der Waals surface area contributed by atoms with Gasteiger partial charge in [0.15, 0.2) is 0 Å². The molecule has 0 spiro atoms. The van der Waals surface area contributed by atoms with Crippen LogP contribution in [0.5, 0.6) is 11.5 Å². The molecule has 0 atom stereocenters. The number of methoxy groups -OCH3 is 2. The highest BCUT2D eigenvalue weighted by atomic mass is 16.5. The van der Waals surface area contributed by atoms with E-state index in [-0.39, 0.29) is 5.91 Å². The summed E-state index contributed by atoms with van der Waals surface area (Å²) in [6, 6.07) is 12.6. The van der Waals surface area contributed by atoms with Crippen LogP contribution in [0.1, 0.15) is 15.9 Å². The van der Waals surface area contributed by atoms with Gasteiger partial charge < -0.3 is 14.8 Å². The molecule has 0 saturated heterocycles. The summed E-state index contributed by atoms with van der Waals surface area (Å²) in [4.78, 5) is 12.2. The Balaban J connectivity index is 2.30. The zero-order chi connectivity index (χ0) is 14.5. The van der Waals surface area contributed by atoms with E-state index in [1.165, 1.54) is 0 Å². The maximum absolute atomic E-state index is 12.2. The lowest BCUT2D eigenvalue weighted by atomic mass is 10.1. The number of amides is 1. The first-order valence-corrected chi connectivity index (χ1v) is 6.25. The molecule has 0 heterocycles. The van der Waals surface area contributed by atoms with E-state index >= 15 is 0 Å². The summed E-state index contributed by atoms with van der Waals surface area (Å²) in [6.45, 7) is 1.88. The fourth-order valence-electron chi connectivity index (χ4n) is 2.04. The Bertz CT molecular complexity index is 609. The van der Waals surface area contributed by atoms with E-state index in [4.69, 9.17) is 9.47 Å². The molecule has 0 radical (unpaired) electrons. The molecule has 104 valence electrons. The lowest BCUT2D eigenvalue weighted by Gasteiger charge is -2.15. The van der Waals surface area contributed by atoms with E-state index < -0.39 is 0 Å². The third-order valence-corrected chi connectivity index (χ3v) is 3.06. The van der Waals surface area contributed by atoms with Crippen molar-refractivity contribution in [2.45, 2.75) is 6.92 Å². The van der Waals surface area contributed by atoms with Crippen molar-refractivity contribution in [3.8, 4) is 11.5 Å². The lowest BCUT2D eigenvalue weighted by Crippen LogP contribution is -2.13. The number of carbonyl (C=O) groups is 1. The van der Waals surface area contributed by atoms with E-state index in [0.29, 0.717) is 17.0 Å². The molecule has 20 heavy (non-hydrogen) atoms. The number of carbonyl (C=O) groups excluding carboxylic acids is 1. The van der Waals surface area contributed by atoms with Crippen molar-refractivity contribution in [3.05, 3.63) is 53.6 Å². The Hall–Kier alpha value is -2.49. The largest absolute Gasteiger partial charge is 0.496 e. The van der Waals surface area contributed by atoms with Gasteiger partial charge in [-0.2, -0.15) is 0 Å². The lowest BCUT2D eigenvalue weighted by molar-refractivity contribution is 0.102. The molecule has 0 fully saturated rings. The standard InChI is InChI=1S/C16H17NO3/c1-11-14(19-2)10-9-13(15(11)20-3)17-16(18)12-7-5-4-6-8-12/h4-10H,1-3H3,(H,17,18). The van der Waals surface area contributed by atoms with Gasteiger partial charge in [0.2, 0.25) is 0 Å². The van der Waals surface area contributed by atoms with Gasteiger partial charge in [0, 0.05) is 11.1 Å². The monoisotopic (exact) mass is 271 g/mol. The van der Waals surface area contributed by atoms with Gasteiger partial charge in [-0.1, -0.05) is 18.2 Å². The van der Waals surface area contributed by atoms with Crippen molar-refractivity contribution < 1.29 is 14.3 Å². The smallest absolute Gasteiger partial charge is 0.255 e. The second-order valence-electron chi connectivity index (χ2n) is 4.29. The number of nitrogens with one attached hydrogen (secondary N) is 1. The number of ether oxygens (including phenoxy) is 2. The van der Waals surface area contributed by atoms with Crippen LogP contribution in [0.3, 0.4) is 0 Å². The number of hydrogen-bond acceptors (Lipinski definition) is 3. The van der Waals surface area contributed by atoms with Gasteiger partial charge in [-0.05, 0) is 31.2 Å². The molecule has 2 rings (SSSR count). The van der Waals surface area contributed by atoms with Crippen molar-refractivity contribution in [1.82, 2.24) is 0 Å². The van der Waals surface area contributed by atoms with Crippen molar-refractivity contribution >= 4 is 11.6 Å². The fourth-order valence-corrected chi connectivity index (χ4v) is 2.04. The average molecular weight is 271 g/mol. The van der Waals surface area contributed by atoms with E-state index in [9.17, 15) is 4.79 Å². The number of rotatable bonds is 4. The van der Waals surface area contributed by atoms with Crippen LogP contribution in [0.25, 0.3) is 0 Å². The molecule has 0 aliphatic rings. The Kier molecular flexibility index (Phi) is 4.25. The third-order valence-electron chi connectivity index (χ3n) is 3.06. The Labute approximate surface area is 118 Å². The highest BCUT2D eigenvalue weighted by Gasteiger charge is 2.14. The van der Waals surface area contributed by atoms with Gasteiger partial charge in [0.1, 0.15) is 11.5 Å². The minimum Gasteiger partial charge on any atom is -0.496 e. The number of hydrogen-bond donors (Lipinski definition) is 1. The molecule has 0 bridgehead atoms. The molecule has 0 aliphatic heterocycles. The van der Waals surface area contributed by atoms with Gasteiger partial charge in [-0.25, -0.2) is 0 Å². The molecule has 1 amide bonds. The highest BCUT2D eigenvalue weighted by Crippen LogP contribution is 2.35. The Morgan fingerprint density at radius 3 is 2.30 bits per heavy atom. The SMILES string of the molecule is COc1ccc(NC(=O)c2ccccc2)c(OC)c1C. The molecule has 4 nitrogen and oxygen atoms in total. The quantitative estimate of drug-likeness (QED) is 0.928. The van der Waals surface area contributed by atoms with Gasteiger partial charge in [0.05, 0.1) is 19.9 Å². The zero-order valence-electron chi connectivity index (χ0n) is 11.8. The molecule has 0 saturated carbocycles. The van der Waals surface area contributed by atoms with Crippen LogP contribution in [-0.2, 0) is 0 Å². The van der Waals surface area contributed by atoms with Crippen molar-refractivity contribution in [2.75, 3.05) is 19.5 Å². The predicted octanol–water partition coefficient (Wildman–Crippen LogP) is 3.26. The summed E-state index contributed by atoms with van der Waals surface area (Å²) in [7, 11) is 3.17. The molecule has 2 aromatic carbocycles. The molecule has 4 heteroatoms. The Morgan fingerprint density at radius 2 is 1.70 bits per heavy atom. The molecule has 1 N–H and O–H groups in total. The number of anilines is 1. The predicted molar refractivity (Wildman–Crippen MR) is 78.7 cm³/mol. The first kappa shape index (κ1) is 13.9. The van der Waals surface area contributed by atoms with Crippen molar-refractivity contribution in [2.24, 2.45) is 0 Å². The van der Waals surface area contributed by atoms with Gasteiger partial charge in [-0.15, -0.1) is 0 Å². The summed E-state index contributed by atoms with van der Waals surface area (Å²) in [5.41, 5.74) is 2.07. The zero-order valence-corrected chi connectivity index (χ0v) is 11.8. The topological polar surface area (TPSA) is 47.6 Å².